The summed E-state index contributed by atoms with van der Waals surface area (Å²) in [5.41, 5.74) is 8.22. The Kier molecular flexibility index (Phi) is 4.94. The minimum Gasteiger partial charge on any atom is -0.325 e. The van der Waals surface area contributed by atoms with Crippen molar-refractivity contribution in [2.45, 2.75) is 63.1 Å². The van der Waals surface area contributed by atoms with Gasteiger partial charge < -0.3 is 5.73 Å². The van der Waals surface area contributed by atoms with Gasteiger partial charge in [-0.2, -0.15) is 0 Å². The summed E-state index contributed by atoms with van der Waals surface area (Å²) in [5, 5.41) is 2.22. The number of nitrogens with zero attached hydrogens (tertiary/aromatic N) is 2. The van der Waals surface area contributed by atoms with Crippen LogP contribution in [-0.4, -0.2) is 58.1 Å². The number of hydrogen-bond donors (Lipinski definition) is 2. The maximum atomic E-state index is 13.0. The quantitative estimate of drug-likeness (QED) is 0.702. The van der Waals surface area contributed by atoms with Crippen LogP contribution in [0.3, 0.4) is 0 Å². The van der Waals surface area contributed by atoms with Gasteiger partial charge in [0.1, 0.15) is 6.04 Å². The van der Waals surface area contributed by atoms with Gasteiger partial charge in [0.05, 0.1) is 11.1 Å². The molecule has 3 fully saturated rings. The van der Waals surface area contributed by atoms with Gasteiger partial charge in [-0.05, 0) is 75.2 Å². The van der Waals surface area contributed by atoms with E-state index >= 15 is 0 Å². The van der Waals surface area contributed by atoms with Crippen LogP contribution in [0.15, 0.2) is 18.2 Å². The Morgan fingerprint density at radius 1 is 1.00 bits per heavy atom. The second kappa shape index (κ2) is 7.53. The molecule has 4 aliphatic rings. The van der Waals surface area contributed by atoms with E-state index in [-0.39, 0.29) is 24.3 Å². The van der Waals surface area contributed by atoms with Crippen molar-refractivity contribution < 1.29 is 19.2 Å². The van der Waals surface area contributed by atoms with Crippen molar-refractivity contribution in [1.29, 1.82) is 0 Å². The van der Waals surface area contributed by atoms with E-state index in [1.165, 1.54) is 6.42 Å². The van der Waals surface area contributed by atoms with E-state index in [9.17, 15) is 19.2 Å². The van der Waals surface area contributed by atoms with Crippen molar-refractivity contribution in [3.05, 3.63) is 34.9 Å². The second-order valence-electron chi connectivity index (χ2n) is 9.46. The molecule has 1 aromatic rings. The molecule has 8 nitrogen and oxygen atoms in total. The van der Waals surface area contributed by atoms with Crippen LogP contribution < -0.4 is 11.1 Å². The fraction of sp³-hybridized carbons (Fsp3) is 0.565. The van der Waals surface area contributed by atoms with E-state index in [4.69, 9.17) is 5.73 Å². The number of amides is 4. The minimum absolute atomic E-state index is 0.0475. The van der Waals surface area contributed by atoms with Crippen LogP contribution in [0, 0.1) is 5.92 Å². The van der Waals surface area contributed by atoms with E-state index in [2.05, 4.69) is 10.2 Å². The van der Waals surface area contributed by atoms with Crippen LogP contribution in [0.4, 0.5) is 0 Å². The first kappa shape index (κ1) is 20.3. The number of carbonyl (C=O) groups is 4. The Labute approximate surface area is 181 Å². The van der Waals surface area contributed by atoms with Gasteiger partial charge in [0.2, 0.25) is 11.8 Å². The summed E-state index contributed by atoms with van der Waals surface area (Å²) in [6.07, 6.45) is 6.01. The average Bonchev–Trinajstić information content (AvgIpc) is 2.97. The van der Waals surface area contributed by atoms with E-state index in [1.54, 1.807) is 12.1 Å². The normalized spacial score (nSPS) is 26.6. The predicted octanol–water partition coefficient (Wildman–Crippen LogP) is 1.18. The van der Waals surface area contributed by atoms with Crippen LogP contribution in [0.1, 0.15) is 71.2 Å². The summed E-state index contributed by atoms with van der Waals surface area (Å²) < 4.78 is 0. The number of carbonyl (C=O) groups excluding carboxylic acids is 4. The highest BCUT2D eigenvalue weighted by atomic mass is 16.2. The Hall–Kier alpha value is -2.58. The molecule has 0 spiro atoms. The first-order valence-electron chi connectivity index (χ1n) is 11.2. The van der Waals surface area contributed by atoms with Gasteiger partial charge in [0.15, 0.2) is 0 Å². The lowest BCUT2D eigenvalue weighted by molar-refractivity contribution is -0.136. The van der Waals surface area contributed by atoms with Gasteiger partial charge in [-0.15, -0.1) is 0 Å². The van der Waals surface area contributed by atoms with Gasteiger partial charge >= 0.3 is 0 Å². The molecule has 164 valence electrons. The van der Waals surface area contributed by atoms with Gasteiger partial charge in [0.25, 0.3) is 11.8 Å². The zero-order valence-electron chi connectivity index (χ0n) is 17.6. The Morgan fingerprint density at radius 3 is 2.35 bits per heavy atom. The summed E-state index contributed by atoms with van der Waals surface area (Å²) >= 11 is 0. The number of nitrogens with one attached hydrogen (secondary N) is 1. The van der Waals surface area contributed by atoms with E-state index in [0.717, 1.165) is 55.8 Å². The van der Waals surface area contributed by atoms with E-state index < -0.39 is 23.8 Å². The summed E-state index contributed by atoms with van der Waals surface area (Å²) in [7, 11) is 0. The van der Waals surface area contributed by atoms with Crippen LogP contribution >= 0.6 is 0 Å². The number of benzene rings is 1. The molecule has 1 atom stereocenters. The number of hydrogen-bond acceptors (Lipinski definition) is 6. The Morgan fingerprint density at radius 2 is 1.71 bits per heavy atom. The largest absolute Gasteiger partial charge is 0.325 e. The molecular formula is C23H28N4O4. The zero-order chi connectivity index (χ0) is 21.8. The standard InChI is InChI=1S/C23H28N4O4/c24-23(8-1-9-23)15-6-10-26(11-7-15)13-14-2-3-16-17(12-14)22(31)27(21(16)30)18-4-5-19(28)25-20(18)29/h2-3,12,15,18H,1,4-11,13,24H2,(H,25,28,29). The number of rotatable bonds is 4. The molecule has 0 radical (unpaired) electrons. The van der Waals surface area contributed by atoms with E-state index in [0.29, 0.717) is 17.0 Å². The number of imide groups is 2. The average molecular weight is 425 g/mol. The number of nitrogens with two attached hydrogens (primary N) is 1. The lowest BCUT2D eigenvalue weighted by atomic mass is 9.66. The third-order valence-electron chi connectivity index (χ3n) is 7.60. The number of piperidine rings is 2. The molecule has 1 unspecified atom stereocenters. The highest BCUT2D eigenvalue weighted by Crippen LogP contribution is 2.41. The molecule has 4 amide bonds. The van der Waals surface area contributed by atoms with Crippen molar-refractivity contribution in [3.8, 4) is 0 Å². The molecule has 5 rings (SSSR count). The lowest BCUT2D eigenvalue weighted by Gasteiger charge is -2.48. The van der Waals surface area contributed by atoms with Gasteiger partial charge in [-0.1, -0.05) is 6.07 Å². The first-order valence-corrected chi connectivity index (χ1v) is 11.2. The van der Waals surface area contributed by atoms with Crippen LogP contribution in [-0.2, 0) is 16.1 Å². The highest BCUT2D eigenvalue weighted by Gasteiger charge is 2.45. The monoisotopic (exact) mass is 424 g/mol. The molecule has 3 N–H and O–H groups in total. The molecule has 3 heterocycles. The SMILES string of the molecule is NC1(C2CCN(Cc3ccc4c(c3)C(=O)N(C3CCC(=O)NC3=O)C4=O)CC2)CCC1. The van der Waals surface area contributed by atoms with Crippen LogP contribution in [0.25, 0.3) is 0 Å². The van der Waals surface area contributed by atoms with Crippen molar-refractivity contribution in [2.75, 3.05) is 13.1 Å². The van der Waals surface area contributed by atoms with Crippen molar-refractivity contribution in [2.24, 2.45) is 11.7 Å². The van der Waals surface area contributed by atoms with Crippen molar-refractivity contribution in [1.82, 2.24) is 15.1 Å². The van der Waals surface area contributed by atoms with Gasteiger partial charge in [-0.3, -0.25) is 34.3 Å². The fourth-order valence-electron chi connectivity index (χ4n) is 5.53. The number of likely N-dealkylation sites (tertiary alicyclic amines) is 1. The van der Waals surface area contributed by atoms with Gasteiger partial charge in [-0.25, -0.2) is 0 Å². The third-order valence-corrected chi connectivity index (χ3v) is 7.60. The molecular weight excluding hydrogens is 396 g/mol. The maximum absolute atomic E-state index is 13.0. The summed E-state index contributed by atoms with van der Waals surface area (Å²) in [4.78, 5) is 52.8. The summed E-state index contributed by atoms with van der Waals surface area (Å²) in [5.74, 6) is -1.28. The minimum atomic E-state index is -0.928. The van der Waals surface area contributed by atoms with Crippen LogP contribution in [0.5, 0.6) is 0 Å². The molecule has 1 saturated carbocycles. The molecule has 1 aromatic carbocycles. The first-order chi connectivity index (χ1) is 14.9. The molecule has 31 heavy (non-hydrogen) atoms. The van der Waals surface area contributed by atoms with E-state index in [1.807, 2.05) is 6.07 Å². The predicted molar refractivity (Wildman–Crippen MR) is 112 cm³/mol. The maximum Gasteiger partial charge on any atom is 0.262 e. The third kappa shape index (κ3) is 3.47. The number of fused-ring (bicyclic) bond motifs is 1. The summed E-state index contributed by atoms with van der Waals surface area (Å²) in [6.45, 7) is 2.68. The van der Waals surface area contributed by atoms with Crippen molar-refractivity contribution >= 4 is 23.6 Å². The Bertz CT molecular complexity index is 962. The second-order valence-corrected chi connectivity index (χ2v) is 9.46. The molecule has 1 aliphatic carbocycles. The topological polar surface area (TPSA) is 113 Å². The molecule has 0 bridgehead atoms. The van der Waals surface area contributed by atoms with Crippen molar-refractivity contribution in [3.63, 3.8) is 0 Å². The molecule has 8 heteroatoms. The smallest absolute Gasteiger partial charge is 0.262 e. The fourth-order valence-corrected chi connectivity index (χ4v) is 5.53. The Balaban J connectivity index is 1.26. The zero-order valence-corrected chi connectivity index (χ0v) is 17.6. The molecule has 0 aromatic heterocycles. The summed E-state index contributed by atoms with van der Waals surface area (Å²) in [6, 6.07) is 4.43. The highest BCUT2D eigenvalue weighted by molar-refractivity contribution is 6.23. The molecule has 2 saturated heterocycles. The van der Waals surface area contributed by atoms with Gasteiger partial charge in [0, 0.05) is 18.5 Å². The lowest BCUT2D eigenvalue weighted by Crippen LogP contribution is -2.55. The van der Waals surface area contributed by atoms with Crippen LogP contribution in [0.2, 0.25) is 0 Å². The molecule has 3 aliphatic heterocycles.